The van der Waals surface area contributed by atoms with Gasteiger partial charge in [-0.15, -0.1) is 0 Å². The molecule has 3 nitrogen and oxygen atoms in total. The number of hydrogen-bond acceptors (Lipinski definition) is 4. The molecule has 0 atom stereocenters. The Balaban J connectivity index is 2.10. The fourth-order valence-corrected chi connectivity index (χ4v) is 3.50. The summed E-state index contributed by atoms with van der Waals surface area (Å²) in [4.78, 5) is 9.32. The third kappa shape index (κ3) is 4.10. The molecule has 4 heteroatoms. The Bertz CT molecular complexity index is 420. The zero-order valence-corrected chi connectivity index (χ0v) is 13.3. The standard InChI is InChI=1S/C15H25N3S/c1-15(2,3)12-9-13(16-4)18-14(17-12)10-19-11-7-5-6-8-11/h9,11H,5-8,10H2,1-4H3,(H,16,17,18). The summed E-state index contributed by atoms with van der Waals surface area (Å²) in [6, 6.07) is 2.06. The van der Waals surface area contributed by atoms with Crippen molar-refractivity contribution in [2.45, 2.75) is 62.9 Å². The van der Waals surface area contributed by atoms with Gasteiger partial charge in [0.2, 0.25) is 0 Å². The molecule has 0 radical (unpaired) electrons. The van der Waals surface area contributed by atoms with Crippen molar-refractivity contribution in [2.75, 3.05) is 12.4 Å². The number of anilines is 1. The van der Waals surface area contributed by atoms with Gasteiger partial charge in [0.15, 0.2) is 0 Å². The van der Waals surface area contributed by atoms with Gasteiger partial charge in [0, 0.05) is 23.8 Å². The highest BCUT2D eigenvalue weighted by Gasteiger charge is 2.19. The summed E-state index contributed by atoms with van der Waals surface area (Å²) in [6.07, 6.45) is 5.51. The summed E-state index contributed by atoms with van der Waals surface area (Å²) >= 11 is 2.02. The zero-order chi connectivity index (χ0) is 13.9. The van der Waals surface area contributed by atoms with E-state index in [4.69, 9.17) is 4.98 Å². The first-order valence-corrected chi connectivity index (χ1v) is 8.21. The van der Waals surface area contributed by atoms with Crippen LogP contribution in [0.2, 0.25) is 0 Å². The molecule has 19 heavy (non-hydrogen) atoms. The van der Waals surface area contributed by atoms with E-state index in [-0.39, 0.29) is 5.41 Å². The molecule has 0 saturated heterocycles. The van der Waals surface area contributed by atoms with Crippen molar-refractivity contribution >= 4 is 17.6 Å². The number of nitrogens with one attached hydrogen (secondary N) is 1. The highest BCUT2D eigenvalue weighted by atomic mass is 32.2. The fraction of sp³-hybridized carbons (Fsp3) is 0.733. The van der Waals surface area contributed by atoms with Gasteiger partial charge in [-0.3, -0.25) is 0 Å². The summed E-state index contributed by atoms with van der Waals surface area (Å²) in [7, 11) is 1.92. The summed E-state index contributed by atoms with van der Waals surface area (Å²) in [5.74, 6) is 2.83. The van der Waals surface area contributed by atoms with Crippen LogP contribution in [0.15, 0.2) is 6.07 Å². The second-order valence-corrected chi connectivity index (χ2v) is 7.56. The minimum Gasteiger partial charge on any atom is -0.373 e. The molecule has 1 saturated carbocycles. The molecule has 0 amide bonds. The molecule has 1 fully saturated rings. The van der Waals surface area contributed by atoms with Gasteiger partial charge < -0.3 is 5.32 Å². The predicted molar refractivity (Wildman–Crippen MR) is 83.8 cm³/mol. The van der Waals surface area contributed by atoms with Gasteiger partial charge in [0.25, 0.3) is 0 Å². The van der Waals surface area contributed by atoms with Crippen molar-refractivity contribution in [3.63, 3.8) is 0 Å². The molecule has 1 aliphatic rings. The molecule has 1 aromatic heterocycles. The molecule has 0 spiro atoms. The normalized spacial score (nSPS) is 16.8. The van der Waals surface area contributed by atoms with Gasteiger partial charge in [-0.25, -0.2) is 9.97 Å². The molecule has 0 unspecified atom stereocenters. The Morgan fingerprint density at radius 3 is 2.53 bits per heavy atom. The first kappa shape index (κ1) is 14.6. The van der Waals surface area contributed by atoms with Crippen LogP contribution < -0.4 is 5.32 Å². The van der Waals surface area contributed by atoms with Crippen LogP contribution in [-0.2, 0) is 11.2 Å². The number of thioether (sulfide) groups is 1. The van der Waals surface area contributed by atoms with Crippen LogP contribution in [0, 0.1) is 0 Å². The SMILES string of the molecule is CNc1cc(C(C)(C)C)nc(CSC2CCCC2)n1. The monoisotopic (exact) mass is 279 g/mol. The second-order valence-electron chi connectivity index (χ2n) is 6.27. The zero-order valence-electron chi connectivity index (χ0n) is 12.5. The molecule has 1 aliphatic carbocycles. The van der Waals surface area contributed by atoms with Gasteiger partial charge in [0.05, 0.1) is 11.4 Å². The minimum absolute atomic E-state index is 0.0707. The molecule has 1 N–H and O–H groups in total. The average molecular weight is 279 g/mol. The quantitative estimate of drug-likeness (QED) is 0.904. The second kappa shape index (κ2) is 6.12. The van der Waals surface area contributed by atoms with Crippen LogP contribution in [0.3, 0.4) is 0 Å². The van der Waals surface area contributed by atoms with Crippen molar-refractivity contribution < 1.29 is 0 Å². The van der Waals surface area contributed by atoms with Gasteiger partial charge in [-0.2, -0.15) is 11.8 Å². The summed E-state index contributed by atoms with van der Waals surface area (Å²) in [5, 5.41) is 3.97. The van der Waals surface area contributed by atoms with E-state index in [1.165, 1.54) is 25.7 Å². The highest BCUT2D eigenvalue weighted by molar-refractivity contribution is 7.99. The van der Waals surface area contributed by atoms with Crippen LogP contribution in [0.1, 0.15) is 58.0 Å². The first-order valence-electron chi connectivity index (χ1n) is 7.17. The van der Waals surface area contributed by atoms with Crippen molar-refractivity contribution in [3.8, 4) is 0 Å². The van der Waals surface area contributed by atoms with Crippen molar-refractivity contribution in [2.24, 2.45) is 0 Å². The lowest BCUT2D eigenvalue weighted by atomic mass is 9.92. The van der Waals surface area contributed by atoms with Crippen molar-refractivity contribution in [1.82, 2.24) is 9.97 Å². The third-order valence-electron chi connectivity index (χ3n) is 3.55. The lowest BCUT2D eigenvalue weighted by Gasteiger charge is -2.19. The lowest BCUT2D eigenvalue weighted by Crippen LogP contribution is -2.16. The topological polar surface area (TPSA) is 37.8 Å². The Labute approximate surface area is 121 Å². The summed E-state index contributed by atoms with van der Waals surface area (Å²) in [6.45, 7) is 6.59. The molecule has 106 valence electrons. The van der Waals surface area contributed by atoms with E-state index in [1.54, 1.807) is 0 Å². The Kier molecular flexibility index (Phi) is 4.71. The smallest absolute Gasteiger partial charge is 0.140 e. The lowest BCUT2D eigenvalue weighted by molar-refractivity contribution is 0.564. The molecule has 0 aliphatic heterocycles. The number of hydrogen-bond donors (Lipinski definition) is 1. The van der Waals surface area contributed by atoms with Crippen LogP contribution in [0.5, 0.6) is 0 Å². The van der Waals surface area contributed by atoms with Crippen LogP contribution in [-0.4, -0.2) is 22.3 Å². The first-order chi connectivity index (χ1) is 8.99. The Hall–Kier alpha value is -0.770. The predicted octanol–water partition coefficient (Wildman–Crippen LogP) is 3.99. The molecule has 0 bridgehead atoms. The molecule has 0 aromatic carbocycles. The van der Waals surface area contributed by atoms with Gasteiger partial charge in [-0.05, 0) is 12.8 Å². The van der Waals surface area contributed by atoms with Crippen LogP contribution >= 0.6 is 11.8 Å². The van der Waals surface area contributed by atoms with Gasteiger partial charge in [0.1, 0.15) is 11.6 Å². The van der Waals surface area contributed by atoms with E-state index >= 15 is 0 Å². The minimum atomic E-state index is 0.0707. The summed E-state index contributed by atoms with van der Waals surface area (Å²) in [5.41, 5.74) is 1.19. The Morgan fingerprint density at radius 1 is 1.26 bits per heavy atom. The largest absolute Gasteiger partial charge is 0.373 e. The van der Waals surface area contributed by atoms with E-state index in [0.717, 1.165) is 28.3 Å². The van der Waals surface area contributed by atoms with E-state index in [9.17, 15) is 0 Å². The molecular formula is C15H25N3S. The molecule has 1 aromatic rings. The van der Waals surface area contributed by atoms with E-state index < -0.39 is 0 Å². The highest BCUT2D eigenvalue weighted by Crippen LogP contribution is 2.31. The number of nitrogens with zero attached hydrogens (tertiary/aromatic N) is 2. The maximum atomic E-state index is 4.74. The molecular weight excluding hydrogens is 254 g/mol. The molecule has 1 heterocycles. The van der Waals surface area contributed by atoms with Crippen molar-refractivity contribution in [3.05, 3.63) is 17.6 Å². The van der Waals surface area contributed by atoms with Gasteiger partial charge in [-0.1, -0.05) is 33.6 Å². The Morgan fingerprint density at radius 2 is 1.95 bits per heavy atom. The number of rotatable bonds is 4. The van der Waals surface area contributed by atoms with Crippen LogP contribution in [0.25, 0.3) is 0 Å². The molecule has 2 rings (SSSR count). The van der Waals surface area contributed by atoms with E-state index in [0.29, 0.717) is 0 Å². The summed E-state index contributed by atoms with van der Waals surface area (Å²) < 4.78 is 0. The van der Waals surface area contributed by atoms with Crippen molar-refractivity contribution in [1.29, 1.82) is 0 Å². The van der Waals surface area contributed by atoms with Gasteiger partial charge >= 0.3 is 0 Å². The van der Waals surface area contributed by atoms with Crippen LogP contribution in [0.4, 0.5) is 5.82 Å². The van der Waals surface area contributed by atoms with E-state index in [1.807, 2.05) is 18.8 Å². The maximum absolute atomic E-state index is 4.74. The van der Waals surface area contributed by atoms with E-state index in [2.05, 4.69) is 37.1 Å². The average Bonchev–Trinajstić information content (AvgIpc) is 2.88. The fourth-order valence-electron chi connectivity index (χ4n) is 2.32. The maximum Gasteiger partial charge on any atom is 0.140 e. The number of aromatic nitrogens is 2. The third-order valence-corrected chi connectivity index (χ3v) is 4.92.